The third-order valence-electron chi connectivity index (χ3n) is 2.96. The lowest BCUT2D eigenvalue weighted by Crippen LogP contribution is -2.13. The molecule has 0 unspecified atom stereocenters. The van der Waals surface area contributed by atoms with E-state index in [1.807, 2.05) is 19.9 Å². The first kappa shape index (κ1) is 12.8. The molecule has 0 saturated heterocycles. The van der Waals surface area contributed by atoms with Gasteiger partial charge in [0.1, 0.15) is 0 Å². The maximum Gasteiger partial charge on any atom is 0.256 e. The largest absolute Gasteiger partial charge is 0.305 e. The van der Waals surface area contributed by atoms with Gasteiger partial charge in [0.2, 0.25) is 0 Å². The summed E-state index contributed by atoms with van der Waals surface area (Å²) in [6, 6.07) is 9.08. The zero-order valence-corrected chi connectivity index (χ0v) is 10.8. The second kappa shape index (κ2) is 5.36. The van der Waals surface area contributed by atoms with E-state index in [-0.39, 0.29) is 5.91 Å². The third-order valence-corrected chi connectivity index (χ3v) is 2.96. The van der Waals surface area contributed by atoms with Crippen LogP contribution in [-0.2, 0) is 6.42 Å². The highest BCUT2D eigenvalue weighted by atomic mass is 16.1. The number of carbonyl (C=O) groups excluding carboxylic acids is 1. The lowest BCUT2D eigenvalue weighted by molar-refractivity contribution is 0.102. The summed E-state index contributed by atoms with van der Waals surface area (Å²) in [5, 5.41) is 18.3. The van der Waals surface area contributed by atoms with Crippen LogP contribution in [0.3, 0.4) is 0 Å². The van der Waals surface area contributed by atoms with Gasteiger partial charge in [-0.15, -0.1) is 0 Å². The Labute approximate surface area is 111 Å². The molecule has 0 aliphatic heterocycles. The first-order chi connectivity index (χ1) is 9.11. The number of hydrogen-bond donors (Lipinski definition) is 2. The number of aromatic nitrogens is 2. The van der Waals surface area contributed by atoms with E-state index in [2.05, 4.69) is 21.6 Å². The molecule has 0 atom stereocenters. The van der Waals surface area contributed by atoms with Gasteiger partial charge in [0.05, 0.1) is 12.5 Å². The molecular formula is C14H14N4O. The van der Waals surface area contributed by atoms with Crippen molar-refractivity contribution in [3.8, 4) is 6.07 Å². The fourth-order valence-corrected chi connectivity index (χ4v) is 1.70. The average Bonchev–Trinajstić information content (AvgIpc) is 2.71. The molecular weight excluding hydrogens is 240 g/mol. The van der Waals surface area contributed by atoms with Gasteiger partial charge in [-0.25, -0.2) is 0 Å². The summed E-state index contributed by atoms with van der Waals surface area (Å²) in [6.07, 6.45) is 0.293. The van der Waals surface area contributed by atoms with Gasteiger partial charge in [0.25, 0.3) is 5.91 Å². The van der Waals surface area contributed by atoms with Crippen LogP contribution in [-0.4, -0.2) is 16.1 Å². The van der Waals surface area contributed by atoms with Crippen LogP contribution >= 0.6 is 0 Å². The normalized spacial score (nSPS) is 9.95. The van der Waals surface area contributed by atoms with Crippen molar-refractivity contribution in [3.63, 3.8) is 0 Å². The molecule has 0 radical (unpaired) electrons. The van der Waals surface area contributed by atoms with Crippen LogP contribution < -0.4 is 5.32 Å². The van der Waals surface area contributed by atoms with Gasteiger partial charge in [-0.2, -0.15) is 10.4 Å². The number of hydrogen-bond acceptors (Lipinski definition) is 3. The predicted molar refractivity (Wildman–Crippen MR) is 71.8 cm³/mol. The molecule has 2 N–H and O–H groups in total. The monoisotopic (exact) mass is 254 g/mol. The molecule has 0 aliphatic carbocycles. The van der Waals surface area contributed by atoms with E-state index in [0.717, 1.165) is 16.8 Å². The number of aryl methyl sites for hydroxylation is 1. The Balaban J connectivity index is 2.18. The fourth-order valence-electron chi connectivity index (χ4n) is 1.70. The molecule has 0 saturated carbocycles. The summed E-state index contributed by atoms with van der Waals surface area (Å²) in [7, 11) is 0. The van der Waals surface area contributed by atoms with E-state index in [1.165, 1.54) is 0 Å². The van der Waals surface area contributed by atoms with Gasteiger partial charge in [0.15, 0.2) is 5.82 Å². The Bertz CT molecular complexity index is 652. The number of benzene rings is 1. The zero-order valence-electron chi connectivity index (χ0n) is 10.8. The SMILES string of the molecule is Cc1[nH]nc(NC(=O)c2cccc(CC#N)c2)c1C. The van der Waals surface area contributed by atoms with Gasteiger partial charge < -0.3 is 5.32 Å². The number of aromatic amines is 1. The molecule has 5 heteroatoms. The third kappa shape index (κ3) is 2.80. The second-order valence-electron chi connectivity index (χ2n) is 4.31. The molecule has 2 rings (SSSR count). The maximum atomic E-state index is 12.1. The molecule has 19 heavy (non-hydrogen) atoms. The van der Waals surface area contributed by atoms with E-state index in [0.29, 0.717) is 17.8 Å². The van der Waals surface area contributed by atoms with Crippen LogP contribution in [0.15, 0.2) is 24.3 Å². The Hall–Kier alpha value is -2.61. The molecule has 1 aromatic carbocycles. The van der Waals surface area contributed by atoms with Crippen molar-refractivity contribution in [1.82, 2.24) is 10.2 Å². The highest BCUT2D eigenvalue weighted by Gasteiger charge is 2.11. The number of carbonyl (C=O) groups is 1. The summed E-state index contributed by atoms with van der Waals surface area (Å²) >= 11 is 0. The maximum absolute atomic E-state index is 12.1. The number of H-pyrrole nitrogens is 1. The van der Waals surface area contributed by atoms with Crippen LogP contribution in [0.1, 0.15) is 27.2 Å². The lowest BCUT2D eigenvalue weighted by Gasteiger charge is -2.04. The van der Waals surface area contributed by atoms with Crippen LogP contribution in [0.5, 0.6) is 0 Å². The second-order valence-corrected chi connectivity index (χ2v) is 4.31. The van der Waals surface area contributed by atoms with E-state index >= 15 is 0 Å². The van der Waals surface area contributed by atoms with Gasteiger partial charge in [-0.05, 0) is 31.5 Å². The topological polar surface area (TPSA) is 81.6 Å². The standard InChI is InChI=1S/C14H14N4O/c1-9-10(2)17-18-13(9)16-14(19)12-5-3-4-11(8-12)6-7-15/h3-5,8H,6H2,1-2H3,(H2,16,17,18,19). The fraction of sp³-hybridized carbons (Fsp3) is 0.214. The minimum Gasteiger partial charge on any atom is -0.305 e. The Kier molecular flexibility index (Phi) is 3.62. The molecule has 0 bridgehead atoms. The molecule has 96 valence electrons. The van der Waals surface area contributed by atoms with Crippen molar-refractivity contribution < 1.29 is 4.79 Å². The first-order valence-corrected chi connectivity index (χ1v) is 5.90. The van der Waals surface area contributed by atoms with Crippen LogP contribution in [0.2, 0.25) is 0 Å². The molecule has 1 aromatic heterocycles. The van der Waals surface area contributed by atoms with Crippen molar-refractivity contribution in [1.29, 1.82) is 5.26 Å². The molecule has 0 fully saturated rings. The number of anilines is 1. The molecule has 5 nitrogen and oxygen atoms in total. The zero-order chi connectivity index (χ0) is 13.8. The molecule has 1 amide bonds. The van der Waals surface area contributed by atoms with E-state index in [1.54, 1.807) is 18.2 Å². The Morgan fingerprint density at radius 1 is 1.47 bits per heavy atom. The lowest BCUT2D eigenvalue weighted by atomic mass is 10.1. The summed E-state index contributed by atoms with van der Waals surface area (Å²) in [5.74, 6) is 0.308. The Morgan fingerprint density at radius 3 is 2.89 bits per heavy atom. The minimum atomic E-state index is -0.227. The van der Waals surface area contributed by atoms with Gasteiger partial charge >= 0.3 is 0 Å². The van der Waals surface area contributed by atoms with Gasteiger partial charge in [0, 0.05) is 16.8 Å². The molecule has 0 spiro atoms. The van der Waals surface area contributed by atoms with Crippen molar-refractivity contribution >= 4 is 11.7 Å². The highest BCUT2D eigenvalue weighted by Crippen LogP contribution is 2.15. The first-order valence-electron chi connectivity index (χ1n) is 5.90. The predicted octanol–water partition coefficient (Wildman–Crippen LogP) is 2.34. The van der Waals surface area contributed by atoms with Crippen molar-refractivity contribution in [2.24, 2.45) is 0 Å². The molecule has 1 heterocycles. The number of nitriles is 1. The Morgan fingerprint density at radius 2 is 2.26 bits per heavy atom. The van der Waals surface area contributed by atoms with Crippen LogP contribution in [0.4, 0.5) is 5.82 Å². The molecule has 2 aromatic rings. The van der Waals surface area contributed by atoms with Crippen LogP contribution in [0, 0.1) is 25.2 Å². The summed E-state index contributed by atoms with van der Waals surface area (Å²) in [6.45, 7) is 3.78. The molecule has 0 aliphatic rings. The van der Waals surface area contributed by atoms with Gasteiger partial charge in [-0.1, -0.05) is 12.1 Å². The van der Waals surface area contributed by atoms with E-state index in [4.69, 9.17) is 5.26 Å². The van der Waals surface area contributed by atoms with Gasteiger partial charge in [-0.3, -0.25) is 9.89 Å². The van der Waals surface area contributed by atoms with Crippen molar-refractivity contribution in [3.05, 3.63) is 46.6 Å². The van der Waals surface area contributed by atoms with E-state index in [9.17, 15) is 4.79 Å². The average molecular weight is 254 g/mol. The summed E-state index contributed by atoms with van der Waals surface area (Å²) in [5.41, 5.74) is 3.19. The van der Waals surface area contributed by atoms with E-state index < -0.39 is 0 Å². The number of amides is 1. The van der Waals surface area contributed by atoms with Crippen molar-refractivity contribution in [2.45, 2.75) is 20.3 Å². The number of nitrogens with zero attached hydrogens (tertiary/aromatic N) is 2. The van der Waals surface area contributed by atoms with Crippen LogP contribution in [0.25, 0.3) is 0 Å². The highest BCUT2D eigenvalue weighted by molar-refractivity contribution is 6.04. The summed E-state index contributed by atoms with van der Waals surface area (Å²) < 4.78 is 0. The minimum absolute atomic E-state index is 0.227. The number of nitrogens with one attached hydrogen (secondary N) is 2. The smallest absolute Gasteiger partial charge is 0.256 e. The quantitative estimate of drug-likeness (QED) is 0.882. The number of rotatable bonds is 3. The summed E-state index contributed by atoms with van der Waals surface area (Å²) in [4.78, 5) is 12.1. The van der Waals surface area contributed by atoms with Crippen molar-refractivity contribution in [2.75, 3.05) is 5.32 Å².